The second-order valence-corrected chi connectivity index (χ2v) is 3.48. The summed E-state index contributed by atoms with van der Waals surface area (Å²) in [5.41, 5.74) is 7.48. The minimum atomic E-state index is -0.150. The number of aromatic amines is 1. The van der Waals surface area contributed by atoms with Gasteiger partial charge in [-0.2, -0.15) is 0 Å². The van der Waals surface area contributed by atoms with Gasteiger partial charge in [0.05, 0.1) is 5.69 Å². The van der Waals surface area contributed by atoms with Crippen LogP contribution < -0.4 is 11.4 Å². The molecule has 2 rings (SSSR count). The Morgan fingerprint density at radius 2 is 2.13 bits per heavy atom. The standard InChI is InChI=1S/C11H13N3O/c1-8(12)9-4-2-3-5-10(9)14-7-6-13-11(14)15/h2-8H,12H2,1H3,(H,13,15). The summed E-state index contributed by atoms with van der Waals surface area (Å²) < 4.78 is 1.55. The molecule has 0 saturated carbocycles. The number of rotatable bonds is 2. The Balaban J connectivity index is 2.63. The lowest BCUT2D eigenvalue weighted by molar-refractivity contribution is 0.799. The molecule has 0 saturated heterocycles. The van der Waals surface area contributed by atoms with Crippen LogP contribution in [0, 0.1) is 0 Å². The Morgan fingerprint density at radius 1 is 1.40 bits per heavy atom. The molecule has 0 amide bonds. The van der Waals surface area contributed by atoms with Gasteiger partial charge in [-0.3, -0.25) is 4.57 Å². The third-order valence-corrected chi connectivity index (χ3v) is 2.34. The van der Waals surface area contributed by atoms with Crippen molar-refractivity contribution in [3.8, 4) is 5.69 Å². The van der Waals surface area contributed by atoms with Crippen LogP contribution >= 0.6 is 0 Å². The third-order valence-electron chi connectivity index (χ3n) is 2.34. The van der Waals surface area contributed by atoms with Crippen LogP contribution in [0.1, 0.15) is 18.5 Å². The van der Waals surface area contributed by atoms with Gasteiger partial charge in [0.15, 0.2) is 0 Å². The number of nitrogens with two attached hydrogens (primary N) is 1. The molecule has 78 valence electrons. The fraction of sp³-hybridized carbons (Fsp3) is 0.182. The van der Waals surface area contributed by atoms with Crippen molar-refractivity contribution >= 4 is 0 Å². The van der Waals surface area contributed by atoms with E-state index in [1.165, 1.54) is 0 Å². The van der Waals surface area contributed by atoms with Crippen molar-refractivity contribution in [2.75, 3.05) is 0 Å². The molecule has 4 nitrogen and oxygen atoms in total. The van der Waals surface area contributed by atoms with E-state index in [1.807, 2.05) is 31.2 Å². The molecule has 1 unspecified atom stereocenters. The first kappa shape index (κ1) is 9.73. The third kappa shape index (κ3) is 1.71. The fourth-order valence-corrected chi connectivity index (χ4v) is 1.60. The molecule has 0 radical (unpaired) electrons. The summed E-state index contributed by atoms with van der Waals surface area (Å²) in [6.07, 6.45) is 3.31. The molecule has 1 aromatic heterocycles. The molecule has 3 N–H and O–H groups in total. The van der Waals surface area contributed by atoms with Crippen molar-refractivity contribution in [3.63, 3.8) is 0 Å². The second kappa shape index (κ2) is 3.74. The van der Waals surface area contributed by atoms with E-state index in [0.717, 1.165) is 11.3 Å². The number of nitrogens with zero attached hydrogens (tertiary/aromatic N) is 1. The molecule has 1 atom stereocenters. The smallest absolute Gasteiger partial charge is 0.324 e. The van der Waals surface area contributed by atoms with Gasteiger partial charge >= 0.3 is 5.69 Å². The summed E-state index contributed by atoms with van der Waals surface area (Å²) >= 11 is 0. The average Bonchev–Trinajstić information content (AvgIpc) is 2.64. The molecule has 2 aromatic rings. The molecular formula is C11H13N3O. The van der Waals surface area contributed by atoms with Crippen molar-refractivity contribution < 1.29 is 0 Å². The number of nitrogens with one attached hydrogen (secondary N) is 1. The van der Waals surface area contributed by atoms with Crippen molar-refractivity contribution in [1.29, 1.82) is 0 Å². The van der Waals surface area contributed by atoms with Gasteiger partial charge in [0.2, 0.25) is 0 Å². The normalized spacial score (nSPS) is 12.7. The summed E-state index contributed by atoms with van der Waals surface area (Å²) in [5, 5.41) is 0. The molecule has 0 spiro atoms. The lowest BCUT2D eigenvalue weighted by Crippen LogP contribution is -2.18. The monoisotopic (exact) mass is 203 g/mol. The Morgan fingerprint density at radius 3 is 2.73 bits per heavy atom. The first-order chi connectivity index (χ1) is 7.20. The van der Waals surface area contributed by atoms with Gasteiger partial charge in [0.25, 0.3) is 0 Å². The van der Waals surface area contributed by atoms with E-state index in [1.54, 1.807) is 17.0 Å². The van der Waals surface area contributed by atoms with Gasteiger partial charge < -0.3 is 10.7 Å². The van der Waals surface area contributed by atoms with E-state index in [4.69, 9.17) is 5.73 Å². The highest BCUT2D eigenvalue weighted by molar-refractivity contribution is 5.42. The number of hydrogen-bond donors (Lipinski definition) is 2. The van der Waals surface area contributed by atoms with Crippen LogP contribution in [0.5, 0.6) is 0 Å². The Labute approximate surface area is 87.4 Å². The topological polar surface area (TPSA) is 63.8 Å². The summed E-state index contributed by atoms with van der Waals surface area (Å²) in [4.78, 5) is 14.1. The van der Waals surface area contributed by atoms with Crippen LogP contribution in [0.3, 0.4) is 0 Å². The summed E-state index contributed by atoms with van der Waals surface area (Å²) in [6, 6.07) is 7.52. The van der Waals surface area contributed by atoms with E-state index in [0.29, 0.717) is 0 Å². The summed E-state index contributed by atoms with van der Waals surface area (Å²) in [7, 11) is 0. The molecule has 0 bridgehead atoms. The number of aromatic nitrogens is 2. The predicted molar refractivity (Wildman–Crippen MR) is 59.0 cm³/mol. The Hall–Kier alpha value is -1.81. The van der Waals surface area contributed by atoms with Gasteiger partial charge in [-0.25, -0.2) is 4.79 Å². The zero-order valence-corrected chi connectivity index (χ0v) is 8.47. The second-order valence-electron chi connectivity index (χ2n) is 3.48. The molecule has 0 aliphatic heterocycles. The van der Waals surface area contributed by atoms with Crippen LogP contribution in [-0.2, 0) is 0 Å². The molecule has 0 aliphatic carbocycles. The van der Waals surface area contributed by atoms with Gasteiger partial charge in [-0.1, -0.05) is 18.2 Å². The lowest BCUT2D eigenvalue weighted by Gasteiger charge is -2.11. The van der Waals surface area contributed by atoms with Gasteiger partial charge in [-0.15, -0.1) is 0 Å². The molecular weight excluding hydrogens is 190 g/mol. The number of benzene rings is 1. The van der Waals surface area contributed by atoms with Crippen LogP contribution in [0.4, 0.5) is 0 Å². The van der Waals surface area contributed by atoms with Crippen LogP contribution in [-0.4, -0.2) is 9.55 Å². The predicted octanol–water partition coefficient (Wildman–Crippen LogP) is 1.19. The molecule has 0 aliphatic rings. The molecule has 1 aromatic carbocycles. The first-order valence-electron chi connectivity index (χ1n) is 4.81. The Bertz CT molecular complexity index is 510. The highest BCUT2D eigenvalue weighted by Gasteiger charge is 2.08. The maximum Gasteiger partial charge on any atom is 0.330 e. The molecule has 1 heterocycles. The van der Waals surface area contributed by atoms with Crippen LogP contribution in [0.25, 0.3) is 5.69 Å². The van der Waals surface area contributed by atoms with E-state index in [-0.39, 0.29) is 11.7 Å². The minimum Gasteiger partial charge on any atom is -0.324 e. The van der Waals surface area contributed by atoms with E-state index >= 15 is 0 Å². The van der Waals surface area contributed by atoms with Gasteiger partial charge in [-0.05, 0) is 18.6 Å². The minimum absolute atomic E-state index is 0.0944. The SMILES string of the molecule is CC(N)c1ccccc1-n1cc[nH]c1=O. The quantitative estimate of drug-likeness (QED) is 0.770. The summed E-state index contributed by atoms with van der Waals surface area (Å²) in [6.45, 7) is 1.90. The largest absolute Gasteiger partial charge is 0.330 e. The van der Waals surface area contributed by atoms with Crippen molar-refractivity contribution in [2.45, 2.75) is 13.0 Å². The maximum absolute atomic E-state index is 11.5. The van der Waals surface area contributed by atoms with Crippen molar-refractivity contribution in [2.24, 2.45) is 5.73 Å². The lowest BCUT2D eigenvalue weighted by atomic mass is 10.1. The van der Waals surface area contributed by atoms with Gasteiger partial charge in [0, 0.05) is 18.4 Å². The van der Waals surface area contributed by atoms with E-state index in [2.05, 4.69) is 4.98 Å². The fourth-order valence-electron chi connectivity index (χ4n) is 1.60. The maximum atomic E-state index is 11.5. The van der Waals surface area contributed by atoms with Crippen molar-refractivity contribution in [3.05, 3.63) is 52.7 Å². The van der Waals surface area contributed by atoms with Crippen molar-refractivity contribution in [1.82, 2.24) is 9.55 Å². The highest BCUT2D eigenvalue weighted by Crippen LogP contribution is 2.18. The number of imidazole rings is 1. The molecule has 0 fully saturated rings. The zero-order valence-electron chi connectivity index (χ0n) is 8.47. The number of para-hydroxylation sites is 1. The average molecular weight is 203 g/mol. The van der Waals surface area contributed by atoms with E-state index < -0.39 is 0 Å². The Kier molecular flexibility index (Phi) is 2.43. The van der Waals surface area contributed by atoms with Crippen LogP contribution in [0.2, 0.25) is 0 Å². The highest BCUT2D eigenvalue weighted by atomic mass is 16.1. The zero-order chi connectivity index (χ0) is 10.8. The number of H-pyrrole nitrogens is 1. The molecule has 4 heteroatoms. The molecule has 15 heavy (non-hydrogen) atoms. The first-order valence-corrected chi connectivity index (χ1v) is 4.81. The van der Waals surface area contributed by atoms with Gasteiger partial charge in [0.1, 0.15) is 0 Å². The summed E-state index contributed by atoms with van der Waals surface area (Å²) in [5.74, 6) is 0. The number of hydrogen-bond acceptors (Lipinski definition) is 2. The van der Waals surface area contributed by atoms with E-state index in [9.17, 15) is 4.79 Å². The van der Waals surface area contributed by atoms with Crippen LogP contribution in [0.15, 0.2) is 41.5 Å².